The fraction of sp³-hybridized carbons (Fsp3) is 0.625. The van der Waals surface area contributed by atoms with Crippen LogP contribution in [0.4, 0.5) is 5.95 Å². The first-order chi connectivity index (χ1) is 15.7. The number of anilines is 1. The van der Waals surface area contributed by atoms with Gasteiger partial charge in [-0.15, -0.1) is 10.2 Å². The van der Waals surface area contributed by atoms with Crippen LogP contribution in [0.2, 0.25) is 0 Å². The lowest BCUT2D eigenvalue weighted by atomic mass is 9.75. The molecule has 0 radical (unpaired) electrons. The molecule has 1 aliphatic carbocycles. The zero-order chi connectivity index (χ0) is 21.9. The molecule has 1 saturated carbocycles. The molecular formula is C24H33N5O2S. The second-order valence-corrected chi connectivity index (χ2v) is 10.2. The van der Waals surface area contributed by atoms with Crippen molar-refractivity contribution in [3.05, 3.63) is 29.8 Å². The number of rotatable bonds is 5. The molecule has 3 heterocycles. The molecule has 3 aliphatic rings. The Hall–Kier alpha value is -2.06. The Labute approximate surface area is 194 Å². The van der Waals surface area contributed by atoms with Crippen LogP contribution in [0.3, 0.4) is 0 Å². The Morgan fingerprint density at radius 1 is 1.09 bits per heavy atom. The Morgan fingerprint density at radius 3 is 2.72 bits per heavy atom. The number of aryl methyl sites for hydroxylation is 1. The molecule has 7 nitrogen and oxygen atoms in total. The Bertz CT molecular complexity index is 942. The van der Waals surface area contributed by atoms with E-state index in [9.17, 15) is 4.79 Å². The molecule has 2 aromatic rings. The zero-order valence-corrected chi connectivity index (χ0v) is 19.7. The molecule has 2 atom stereocenters. The molecule has 3 fully saturated rings. The average Bonchev–Trinajstić information content (AvgIpc) is 3.27. The summed E-state index contributed by atoms with van der Waals surface area (Å²) in [6, 6.07) is 8.38. The van der Waals surface area contributed by atoms with Gasteiger partial charge in [0.1, 0.15) is 0 Å². The summed E-state index contributed by atoms with van der Waals surface area (Å²) in [7, 11) is 0. The molecule has 172 valence electrons. The lowest BCUT2D eigenvalue weighted by Crippen LogP contribution is -2.45. The third-order valence-electron chi connectivity index (χ3n) is 7.14. The predicted molar refractivity (Wildman–Crippen MR) is 126 cm³/mol. The maximum atomic E-state index is 13.1. The van der Waals surface area contributed by atoms with Crippen LogP contribution in [-0.4, -0.2) is 70.7 Å². The second kappa shape index (κ2) is 9.83. The fourth-order valence-corrected chi connectivity index (χ4v) is 6.21. The number of ether oxygens (including phenoxy) is 1. The van der Waals surface area contributed by atoms with Crippen LogP contribution in [0.1, 0.15) is 37.7 Å². The number of hydrogen-bond donors (Lipinski definition) is 0. The first-order valence-corrected chi connectivity index (χ1v) is 12.9. The molecule has 0 spiro atoms. The average molecular weight is 456 g/mol. The number of amides is 1. The third kappa shape index (κ3) is 4.66. The van der Waals surface area contributed by atoms with Crippen LogP contribution in [0.5, 0.6) is 0 Å². The molecule has 1 aromatic heterocycles. The summed E-state index contributed by atoms with van der Waals surface area (Å²) < 4.78 is 7.62. The van der Waals surface area contributed by atoms with Crippen molar-refractivity contribution in [1.29, 1.82) is 0 Å². The molecule has 1 aromatic carbocycles. The van der Waals surface area contributed by atoms with Gasteiger partial charge in [-0.2, -0.15) is 0 Å². The van der Waals surface area contributed by atoms with Crippen LogP contribution in [0.15, 0.2) is 29.4 Å². The maximum absolute atomic E-state index is 13.1. The van der Waals surface area contributed by atoms with Crippen molar-refractivity contribution in [2.75, 3.05) is 50.0 Å². The van der Waals surface area contributed by atoms with Gasteiger partial charge in [-0.3, -0.25) is 9.36 Å². The predicted octanol–water partition coefficient (Wildman–Crippen LogP) is 3.54. The summed E-state index contributed by atoms with van der Waals surface area (Å²) >= 11 is 1.50. The minimum Gasteiger partial charge on any atom is -0.378 e. The molecule has 0 bridgehead atoms. The van der Waals surface area contributed by atoms with Gasteiger partial charge in [-0.1, -0.05) is 43.2 Å². The van der Waals surface area contributed by atoms with Gasteiger partial charge < -0.3 is 14.5 Å². The van der Waals surface area contributed by atoms with E-state index in [-0.39, 0.29) is 5.91 Å². The number of fused-ring (bicyclic) bond motifs is 1. The number of piperidine rings is 1. The van der Waals surface area contributed by atoms with Crippen molar-refractivity contribution in [1.82, 2.24) is 19.7 Å². The van der Waals surface area contributed by atoms with Crippen LogP contribution in [0, 0.1) is 18.8 Å². The van der Waals surface area contributed by atoms with Gasteiger partial charge in [-0.25, -0.2) is 0 Å². The summed E-state index contributed by atoms with van der Waals surface area (Å²) in [6.45, 7) is 6.91. The highest BCUT2D eigenvalue weighted by Gasteiger charge is 2.33. The molecule has 1 amide bonds. The van der Waals surface area contributed by atoms with Crippen molar-refractivity contribution >= 4 is 23.6 Å². The van der Waals surface area contributed by atoms with Crippen LogP contribution in [-0.2, 0) is 9.53 Å². The zero-order valence-electron chi connectivity index (χ0n) is 18.9. The van der Waals surface area contributed by atoms with E-state index in [4.69, 9.17) is 4.74 Å². The van der Waals surface area contributed by atoms with Gasteiger partial charge >= 0.3 is 0 Å². The number of hydrogen-bond acceptors (Lipinski definition) is 6. The molecule has 5 rings (SSSR count). The number of benzene rings is 1. The van der Waals surface area contributed by atoms with Gasteiger partial charge in [0, 0.05) is 26.2 Å². The molecule has 8 heteroatoms. The Kier molecular flexibility index (Phi) is 6.69. The molecule has 2 saturated heterocycles. The van der Waals surface area contributed by atoms with E-state index in [2.05, 4.69) is 55.8 Å². The van der Waals surface area contributed by atoms with Gasteiger partial charge in [0.05, 0.1) is 24.7 Å². The summed E-state index contributed by atoms with van der Waals surface area (Å²) in [6.07, 6.45) is 6.49. The van der Waals surface area contributed by atoms with Crippen LogP contribution < -0.4 is 4.90 Å². The number of morpholine rings is 1. The van der Waals surface area contributed by atoms with E-state index in [1.54, 1.807) is 0 Å². The summed E-state index contributed by atoms with van der Waals surface area (Å²) in [5.74, 6) is 3.00. The van der Waals surface area contributed by atoms with E-state index in [1.165, 1.54) is 49.4 Å². The highest BCUT2D eigenvalue weighted by atomic mass is 32.2. The largest absolute Gasteiger partial charge is 0.378 e. The Morgan fingerprint density at radius 2 is 1.91 bits per heavy atom. The lowest BCUT2D eigenvalue weighted by Gasteiger charge is -2.41. The van der Waals surface area contributed by atoms with Gasteiger partial charge in [0.15, 0.2) is 5.16 Å². The van der Waals surface area contributed by atoms with Gasteiger partial charge in [-0.05, 0) is 49.3 Å². The number of thioether (sulfide) groups is 1. The normalized spacial score (nSPS) is 23.8. The molecule has 0 unspecified atom stereocenters. The summed E-state index contributed by atoms with van der Waals surface area (Å²) in [5, 5.41) is 9.81. The molecular weight excluding hydrogens is 422 g/mol. The standard InChI is InChI=1S/C24H33N5O2S/c1-18-5-4-8-21(15-18)29-23(27-11-13-31-14-12-27)25-26-24(29)32-17-22(30)28-10-9-19-6-2-3-7-20(19)16-28/h4-5,8,15,19-20H,2-3,6-7,9-14,16-17H2,1H3/t19-,20+/m0/s1. The number of nitrogens with zero attached hydrogens (tertiary/aromatic N) is 5. The highest BCUT2D eigenvalue weighted by molar-refractivity contribution is 7.99. The number of carbonyl (C=O) groups is 1. The number of likely N-dealkylation sites (tertiary alicyclic amines) is 1. The maximum Gasteiger partial charge on any atom is 0.233 e. The number of carbonyl (C=O) groups excluding carboxylic acids is 1. The monoisotopic (exact) mass is 455 g/mol. The van der Waals surface area contributed by atoms with Crippen molar-refractivity contribution in [3.8, 4) is 5.69 Å². The first-order valence-electron chi connectivity index (χ1n) is 11.9. The van der Waals surface area contributed by atoms with E-state index in [1.807, 2.05) is 0 Å². The van der Waals surface area contributed by atoms with E-state index >= 15 is 0 Å². The lowest BCUT2D eigenvalue weighted by molar-refractivity contribution is -0.131. The van der Waals surface area contributed by atoms with Crippen molar-refractivity contribution in [3.63, 3.8) is 0 Å². The SMILES string of the molecule is Cc1cccc(-n2c(SCC(=O)N3CC[C@@H]4CCCC[C@@H]4C3)nnc2N2CCOCC2)c1. The summed E-state index contributed by atoms with van der Waals surface area (Å²) in [4.78, 5) is 17.4. The minimum absolute atomic E-state index is 0.228. The van der Waals surface area contributed by atoms with E-state index < -0.39 is 0 Å². The molecule has 32 heavy (non-hydrogen) atoms. The topological polar surface area (TPSA) is 63.5 Å². The van der Waals surface area contributed by atoms with Crippen LogP contribution in [0.25, 0.3) is 5.69 Å². The first kappa shape index (κ1) is 21.8. The van der Waals surface area contributed by atoms with E-state index in [0.717, 1.165) is 48.9 Å². The Balaban J connectivity index is 1.32. The van der Waals surface area contributed by atoms with Crippen molar-refractivity contribution < 1.29 is 9.53 Å². The van der Waals surface area contributed by atoms with Gasteiger partial charge in [0.25, 0.3) is 0 Å². The summed E-state index contributed by atoms with van der Waals surface area (Å²) in [5.41, 5.74) is 2.22. The fourth-order valence-electron chi connectivity index (χ4n) is 5.36. The molecule has 2 aliphatic heterocycles. The number of aromatic nitrogens is 3. The van der Waals surface area contributed by atoms with E-state index in [0.29, 0.717) is 24.9 Å². The smallest absolute Gasteiger partial charge is 0.233 e. The second-order valence-electron chi connectivity index (χ2n) is 9.28. The highest BCUT2D eigenvalue weighted by Crippen LogP contribution is 2.36. The molecule has 0 N–H and O–H groups in total. The van der Waals surface area contributed by atoms with Crippen molar-refractivity contribution in [2.24, 2.45) is 11.8 Å². The van der Waals surface area contributed by atoms with Gasteiger partial charge in [0.2, 0.25) is 11.9 Å². The minimum atomic E-state index is 0.228. The van der Waals surface area contributed by atoms with Crippen LogP contribution >= 0.6 is 11.8 Å². The van der Waals surface area contributed by atoms with Crippen molar-refractivity contribution in [2.45, 2.75) is 44.2 Å². The third-order valence-corrected chi connectivity index (χ3v) is 8.05. The quantitative estimate of drug-likeness (QED) is 0.643.